The molecule has 2 nitrogen and oxygen atoms in total. The SMILES string of the molecule is CC=C([C]=O)C#N. The van der Waals surface area contributed by atoms with Crippen molar-refractivity contribution in [2.75, 3.05) is 0 Å². The topological polar surface area (TPSA) is 40.9 Å². The molecule has 7 heavy (non-hydrogen) atoms. The van der Waals surface area contributed by atoms with E-state index in [4.69, 9.17) is 5.26 Å². The molecule has 0 heterocycles. The van der Waals surface area contributed by atoms with E-state index in [1.807, 2.05) is 0 Å². The zero-order valence-corrected chi connectivity index (χ0v) is 3.93. The van der Waals surface area contributed by atoms with Crippen LogP contribution >= 0.6 is 0 Å². The van der Waals surface area contributed by atoms with E-state index in [-0.39, 0.29) is 5.57 Å². The summed E-state index contributed by atoms with van der Waals surface area (Å²) in [6, 6.07) is 1.64. The first-order valence-corrected chi connectivity index (χ1v) is 1.79. The van der Waals surface area contributed by atoms with Crippen molar-refractivity contribution in [1.29, 1.82) is 5.26 Å². The quantitative estimate of drug-likeness (QED) is 0.352. The third-order valence-corrected chi connectivity index (χ3v) is 0.519. The molecule has 0 atom stereocenters. The molecule has 0 bridgehead atoms. The summed E-state index contributed by atoms with van der Waals surface area (Å²) >= 11 is 0. The minimum absolute atomic E-state index is 0.0556. The Hall–Kier alpha value is -1.10. The number of hydrogen-bond donors (Lipinski definition) is 0. The Morgan fingerprint density at radius 3 is 2.43 bits per heavy atom. The molecule has 0 amide bonds. The number of rotatable bonds is 1. The van der Waals surface area contributed by atoms with E-state index < -0.39 is 0 Å². The summed E-state index contributed by atoms with van der Waals surface area (Å²) in [4.78, 5) is 9.55. The van der Waals surface area contributed by atoms with Crippen molar-refractivity contribution in [3.63, 3.8) is 0 Å². The number of hydrogen-bond acceptors (Lipinski definition) is 2. The summed E-state index contributed by atoms with van der Waals surface area (Å²) in [5.41, 5.74) is 0.0556. The van der Waals surface area contributed by atoms with Crippen LogP contribution in [0.4, 0.5) is 0 Å². The standard InChI is InChI=1S/C5H4NO/c1-2-5(3-6)4-7/h2H,1H3. The molecule has 0 saturated heterocycles. The van der Waals surface area contributed by atoms with Crippen molar-refractivity contribution < 1.29 is 4.79 Å². The highest BCUT2D eigenvalue weighted by molar-refractivity contribution is 5.79. The lowest BCUT2D eigenvalue weighted by molar-refractivity contribution is 0.563. The average Bonchev–Trinajstić information content (AvgIpc) is 1.72. The van der Waals surface area contributed by atoms with Crippen LogP contribution in [0.2, 0.25) is 0 Å². The average molecular weight is 94.1 g/mol. The maximum atomic E-state index is 9.55. The zero-order valence-electron chi connectivity index (χ0n) is 3.93. The van der Waals surface area contributed by atoms with Gasteiger partial charge in [0.15, 0.2) is 0 Å². The van der Waals surface area contributed by atoms with Gasteiger partial charge in [0, 0.05) is 0 Å². The Kier molecular flexibility index (Phi) is 2.62. The Bertz CT molecular complexity index is 130. The van der Waals surface area contributed by atoms with Gasteiger partial charge in [0.2, 0.25) is 6.29 Å². The fourth-order valence-corrected chi connectivity index (χ4v) is 0.146. The smallest absolute Gasteiger partial charge is 0.244 e. The van der Waals surface area contributed by atoms with Gasteiger partial charge < -0.3 is 0 Å². The molecule has 0 saturated carbocycles. The number of carbonyl (C=O) groups excluding carboxylic acids is 1. The first kappa shape index (κ1) is 5.90. The molecule has 0 aromatic rings. The second-order valence-corrected chi connectivity index (χ2v) is 0.916. The Morgan fingerprint density at radius 2 is 2.43 bits per heavy atom. The molecule has 1 radical (unpaired) electrons. The summed E-state index contributed by atoms with van der Waals surface area (Å²) in [6.45, 7) is 1.61. The first-order valence-electron chi connectivity index (χ1n) is 1.79. The molecular weight excluding hydrogens is 90.1 g/mol. The lowest BCUT2D eigenvalue weighted by atomic mass is 10.3. The van der Waals surface area contributed by atoms with Crippen molar-refractivity contribution in [3.8, 4) is 6.07 Å². The van der Waals surface area contributed by atoms with E-state index in [2.05, 4.69) is 0 Å². The molecule has 0 aliphatic rings. The van der Waals surface area contributed by atoms with Gasteiger partial charge in [0.1, 0.15) is 6.07 Å². The molecule has 35 valence electrons. The van der Waals surface area contributed by atoms with Crippen LogP contribution in [-0.2, 0) is 4.79 Å². The van der Waals surface area contributed by atoms with Crippen LogP contribution in [-0.4, -0.2) is 6.29 Å². The van der Waals surface area contributed by atoms with E-state index in [1.54, 1.807) is 13.0 Å². The molecule has 0 aliphatic carbocycles. The van der Waals surface area contributed by atoms with E-state index in [9.17, 15) is 4.79 Å². The minimum Gasteiger partial charge on any atom is -0.284 e. The highest BCUT2D eigenvalue weighted by atomic mass is 16.1. The molecule has 0 rings (SSSR count). The molecule has 2 heteroatoms. The largest absolute Gasteiger partial charge is 0.284 e. The third kappa shape index (κ3) is 1.72. The van der Waals surface area contributed by atoms with Gasteiger partial charge >= 0.3 is 0 Å². The summed E-state index contributed by atoms with van der Waals surface area (Å²) < 4.78 is 0. The highest BCUT2D eigenvalue weighted by Gasteiger charge is 1.84. The van der Waals surface area contributed by atoms with Crippen LogP contribution in [0.3, 0.4) is 0 Å². The van der Waals surface area contributed by atoms with Gasteiger partial charge in [-0.2, -0.15) is 5.26 Å². The fraction of sp³-hybridized carbons (Fsp3) is 0.200. The molecule has 0 aromatic heterocycles. The summed E-state index contributed by atoms with van der Waals surface area (Å²) in [5, 5.41) is 7.95. The van der Waals surface area contributed by atoms with Gasteiger partial charge in [0.05, 0.1) is 5.57 Å². The van der Waals surface area contributed by atoms with E-state index in [0.717, 1.165) is 0 Å². The molecule has 0 aliphatic heterocycles. The van der Waals surface area contributed by atoms with E-state index >= 15 is 0 Å². The van der Waals surface area contributed by atoms with Gasteiger partial charge in [-0.3, -0.25) is 4.79 Å². The van der Waals surface area contributed by atoms with Gasteiger partial charge in [-0.15, -0.1) is 0 Å². The normalized spacial score (nSPS) is 10.0. The molecule has 0 unspecified atom stereocenters. The van der Waals surface area contributed by atoms with Crippen LogP contribution in [0.5, 0.6) is 0 Å². The molecule has 0 spiro atoms. The molecule has 0 aromatic carbocycles. The van der Waals surface area contributed by atoms with Crippen LogP contribution in [0.25, 0.3) is 0 Å². The molecular formula is C5H4NO. The van der Waals surface area contributed by atoms with Crippen LogP contribution in [0.1, 0.15) is 6.92 Å². The number of nitriles is 1. The van der Waals surface area contributed by atoms with Gasteiger partial charge in [-0.25, -0.2) is 0 Å². The predicted molar refractivity (Wildman–Crippen MR) is 25.1 cm³/mol. The monoisotopic (exact) mass is 94.0 g/mol. The zero-order chi connectivity index (χ0) is 5.70. The first-order chi connectivity index (χ1) is 3.35. The summed E-state index contributed by atoms with van der Waals surface area (Å²) in [5.74, 6) is 0. The van der Waals surface area contributed by atoms with Crippen LogP contribution in [0, 0.1) is 11.3 Å². The van der Waals surface area contributed by atoms with Gasteiger partial charge in [-0.1, -0.05) is 6.08 Å². The number of allylic oxidation sites excluding steroid dienone is 2. The van der Waals surface area contributed by atoms with Crippen molar-refractivity contribution in [2.24, 2.45) is 0 Å². The van der Waals surface area contributed by atoms with E-state index in [0.29, 0.717) is 0 Å². The van der Waals surface area contributed by atoms with Crippen LogP contribution < -0.4 is 0 Å². The molecule has 0 N–H and O–H groups in total. The Balaban J connectivity index is 3.94. The van der Waals surface area contributed by atoms with Crippen molar-refractivity contribution in [1.82, 2.24) is 0 Å². The summed E-state index contributed by atoms with van der Waals surface area (Å²) in [7, 11) is 0. The lowest BCUT2D eigenvalue weighted by Gasteiger charge is -1.68. The maximum absolute atomic E-state index is 9.55. The Morgan fingerprint density at radius 1 is 1.86 bits per heavy atom. The van der Waals surface area contributed by atoms with Crippen molar-refractivity contribution >= 4 is 6.29 Å². The van der Waals surface area contributed by atoms with Crippen molar-refractivity contribution in [2.45, 2.75) is 6.92 Å². The minimum atomic E-state index is 0.0556. The lowest BCUT2D eigenvalue weighted by Crippen LogP contribution is -1.73. The fourth-order valence-electron chi connectivity index (χ4n) is 0.146. The highest BCUT2D eigenvalue weighted by Crippen LogP contribution is 1.81. The van der Waals surface area contributed by atoms with Crippen molar-refractivity contribution in [3.05, 3.63) is 11.6 Å². The predicted octanol–water partition coefficient (Wildman–Crippen LogP) is 0.566. The van der Waals surface area contributed by atoms with Crippen LogP contribution in [0.15, 0.2) is 11.6 Å². The van der Waals surface area contributed by atoms with E-state index in [1.165, 1.54) is 12.4 Å². The Labute approximate surface area is 42.1 Å². The summed E-state index contributed by atoms with van der Waals surface area (Å²) in [6.07, 6.45) is 2.86. The second kappa shape index (κ2) is 3.10. The third-order valence-electron chi connectivity index (χ3n) is 0.519. The van der Waals surface area contributed by atoms with Gasteiger partial charge in [-0.05, 0) is 6.92 Å². The molecule has 0 fully saturated rings. The second-order valence-electron chi connectivity index (χ2n) is 0.916. The van der Waals surface area contributed by atoms with Gasteiger partial charge in [0.25, 0.3) is 0 Å². The maximum Gasteiger partial charge on any atom is 0.244 e. The number of nitrogens with zero attached hydrogens (tertiary/aromatic N) is 1.